The summed E-state index contributed by atoms with van der Waals surface area (Å²) >= 11 is 0. The average Bonchev–Trinajstić information content (AvgIpc) is 3.17. The molecule has 1 heterocycles. The second kappa shape index (κ2) is 20.4. The monoisotopic (exact) mass is 730 g/mol. The fourth-order valence-corrected chi connectivity index (χ4v) is 10.2. The van der Waals surface area contributed by atoms with Crippen molar-refractivity contribution in [2.75, 3.05) is 19.8 Å². The molecule has 0 spiro atoms. The van der Waals surface area contributed by atoms with E-state index < -0.39 is 23.3 Å². The number of rotatable bonds is 12. The Balaban J connectivity index is 0.000000201. The number of hydrogen-bond donors (Lipinski definition) is 0. The van der Waals surface area contributed by atoms with Crippen LogP contribution < -0.4 is 9.47 Å². The van der Waals surface area contributed by atoms with E-state index in [-0.39, 0.29) is 23.3 Å². The zero-order valence-corrected chi connectivity index (χ0v) is 32.5. The van der Waals surface area contributed by atoms with Gasteiger partial charge in [0.2, 0.25) is 11.6 Å². The number of halogens is 4. The Morgan fingerprint density at radius 3 is 1.35 bits per heavy atom. The molecule has 7 heteroatoms. The lowest BCUT2D eigenvalue weighted by molar-refractivity contribution is -0.0440. The van der Waals surface area contributed by atoms with Crippen LogP contribution in [0.25, 0.3) is 0 Å². The standard InChI is InChI=1S/C23H34F2O.C22H32F2O2/c1-3-5-16-6-8-17(9-7-16)18-10-12-19(13-11-18)20-14-15-21(26-4-2)23(25)22(20)24;1-3-5-15-6-8-16(9-7-15)19-12-10-17(14-26-19)18-11-13-20(25-4-2)22(24)21(18)23/h14-19H,3-13H2,1-2H3;11,13,15-17,19H,3-10,12,14H2,1-2H3. The largest absolute Gasteiger partial charge is 0.491 e. The van der Waals surface area contributed by atoms with Gasteiger partial charge >= 0.3 is 0 Å². The lowest BCUT2D eigenvalue weighted by atomic mass is 9.68. The van der Waals surface area contributed by atoms with Crippen LogP contribution >= 0.6 is 0 Å². The summed E-state index contributed by atoms with van der Waals surface area (Å²) in [5.41, 5.74) is 0.979. The van der Waals surface area contributed by atoms with E-state index in [0.717, 1.165) is 49.4 Å². The number of hydrogen-bond acceptors (Lipinski definition) is 3. The van der Waals surface area contributed by atoms with Crippen molar-refractivity contribution in [2.45, 2.75) is 161 Å². The molecule has 3 saturated carbocycles. The molecule has 0 amide bonds. The van der Waals surface area contributed by atoms with Crippen LogP contribution in [0.3, 0.4) is 0 Å². The van der Waals surface area contributed by atoms with E-state index in [1.165, 1.54) is 89.9 Å². The molecule has 52 heavy (non-hydrogen) atoms. The van der Waals surface area contributed by atoms with Gasteiger partial charge in [-0.05, 0) is 137 Å². The molecule has 0 N–H and O–H groups in total. The van der Waals surface area contributed by atoms with Crippen LogP contribution in [0.1, 0.15) is 166 Å². The van der Waals surface area contributed by atoms with Gasteiger partial charge in [-0.3, -0.25) is 0 Å². The Morgan fingerprint density at radius 1 is 0.500 bits per heavy atom. The van der Waals surface area contributed by atoms with Gasteiger partial charge < -0.3 is 14.2 Å². The molecule has 4 fully saturated rings. The molecule has 3 aliphatic carbocycles. The molecule has 6 rings (SSSR count). The SMILES string of the molecule is CCCC1CCC(C2CCC(c3ccc(OCC)c(F)c3F)CC2)CC1.CCCC1CCC(C2CCC(c3ccc(OCC)c(F)c3F)CO2)CC1. The van der Waals surface area contributed by atoms with Gasteiger partial charge in [0.15, 0.2) is 23.1 Å². The van der Waals surface area contributed by atoms with Crippen LogP contribution in [-0.2, 0) is 4.74 Å². The third kappa shape index (κ3) is 10.5. The smallest absolute Gasteiger partial charge is 0.200 e. The Morgan fingerprint density at radius 2 is 0.923 bits per heavy atom. The lowest BCUT2D eigenvalue weighted by Crippen LogP contribution is -2.33. The van der Waals surface area contributed by atoms with Gasteiger partial charge in [-0.2, -0.15) is 8.78 Å². The molecule has 2 aromatic rings. The molecule has 0 aromatic heterocycles. The van der Waals surface area contributed by atoms with Gasteiger partial charge in [-0.15, -0.1) is 0 Å². The zero-order chi connectivity index (χ0) is 37.0. The van der Waals surface area contributed by atoms with Crippen LogP contribution in [0.4, 0.5) is 17.6 Å². The first-order valence-corrected chi connectivity index (χ1v) is 21.1. The molecule has 4 aliphatic rings. The minimum Gasteiger partial charge on any atom is -0.491 e. The average molecular weight is 731 g/mol. The Labute approximate surface area is 312 Å². The first-order chi connectivity index (χ1) is 25.3. The van der Waals surface area contributed by atoms with E-state index in [9.17, 15) is 17.6 Å². The molecule has 1 saturated heterocycles. The van der Waals surface area contributed by atoms with E-state index in [0.29, 0.717) is 43.0 Å². The summed E-state index contributed by atoms with van der Waals surface area (Å²) < 4.78 is 73.6. The molecule has 0 radical (unpaired) electrons. The van der Waals surface area contributed by atoms with Gasteiger partial charge in [0.05, 0.1) is 25.9 Å². The molecular weight excluding hydrogens is 664 g/mol. The summed E-state index contributed by atoms with van der Waals surface area (Å²) in [6, 6.07) is 6.54. The van der Waals surface area contributed by atoms with E-state index in [4.69, 9.17) is 14.2 Å². The van der Waals surface area contributed by atoms with Crippen molar-refractivity contribution in [3.05, 3.63) is 58.7 Å². The van der Waals surface area contributed by atoms with Gasteiger partial charge in [0, 0.05) is 5.92 Å². The number of ether oxygens (including phenoxy) is 3. The molecule has 2 atom stereocenters. The van der Waals surface area contributed by atoms with E-state index in [1.807, 2.05) is 0 Å². The highest BCUT2D eigenvalue weighted by Gasteiger charge is 2.34. The van der Waals surface area contributed by atoms with Gasteiger partial charge in [-0.1, -0.05) is 77.3 Å². The van der Waals surface area contributed by atoms with Crippen molar-refractivity contribution in [1.29, 1.82) is 0 Å². The highest BCUT2D eigenvalue weighted by atomic mass is 19.2. The van der Waals surface area contributed by atoms with Crippen molar-refractivity contribution < 1.29 is 31.8 Å². The summed E-state index contributed by atoms with van der Waals surface area (Å²) in [7, 11) is 0. The third-order valence-corrected chi connectivity index (χ3v) is 13.1. The lowest BCUT2D eigenvalue weighted by Gasteiger charge is -2.38. The topological polar surface area (TPSA) is 27.7 Å². The highest BCUT2D eigenvalue weighted by Crippen LogP contribution is 2.46. The van der Waals surface area contributed by atoms with Gasteiger partial charge in [0.25, 0.3) is 0 Å². The summed E-state index contributed by atoms with van der Waals surface area (Å²) in [6.07, 6.45) is 22.5. The summed E-state index contributed by atoms with van der Waals surface area (Å²) in [5, 5.41) is 0. The fourth-order valence-electron chi connectivity index (χ4n) is 10.2. The zero-order valence-electron chi connectivity index (χ0n) is 32.5. The van der Waals surface area contributed by atoms with Crippen LogP contribution in [0.5, 0.6) is 11.5 Å². The molecule has 3 nitrogen and oxygen atoms in total. The molecule has 2 aromatic carbocycles. The Hall–Kier alpha value is -2.28. The molecular formula is C45H66F4O3. The van der Waals surface area contributed by atoms with Crippen molar-refractivity contribution in [3.63, 3.8) is 0 Å². The van der Waals surface area contributed by atoms with Crippen molar-refractivity contribution in [1.82, 2.24) is 0 Å². The summed E-state index contributed by atoms with van der Waals surface area (Å²) in [5.74, 6) is 1.12. The maximum atomic E-state index is 14.5. The van der Waals surface area contributed by atoms with Crippen molar-refractivity contribution in [2.24, 2.45) is 29.6 Å². The van der Waals surface area contributed by atoms with E-state index >= 15 is 0 Å². The maximum Gasteiger partial charge on any atom is 0.200 e. The molecule has 0 bridgehead atoms. The summed E-state index contributed by atoms with van der Waals surface area (Å²) in [4.78, 5) is 0. The molecule has 1 aliphatic heterocycles. The summed E-state index contributed by atoms with van der Waals surface area (Å²) in [6.45, 7) is 9.25. The van der Waals surface area contributed by atoms with Crippen LogP contribution in [-0.4, -0.2) is 25.9 Å². The molecule has 292 valence electrons. The minimum atomic E-state index is -0.874. The predicted molar refractivity (Wildman–Crippen MR) is 202 cm³/mol. The van der Waals surface area contributed by atoms with Crippen LogP contribution in [0.2, 0.25) is 0 Å². The highest BCUT2D eigenvalue weighted by molar-refractivity contribution is 5.34. The first kappa shape index (κ1) is 40.9. The second-order valence-corrected chi connectivity index (χ2v) is 16.3. The van der Waals surface area contributed by atoms with Crippen LogP contribution in [0, 0.1) is 52.9 Å². The normalized spacial score (nSPS) is 29.5. The van der Waals surface area contributed by atoms with Crippen molar-refractivity contribution in [3.8, 4) is 11.5 Å². The Bertz CT molecular complexity index is 1250. The first-order valence-electron chi connectivity index (χ1n) is 21.1. The maximum absolute atomic E-state index is 14.5. The van der Waals surface area contributed by atoms with E-state index in [1.54, 1.807) is 38.1 Å². The second-order valence-electron chi connectivity index (χ2n) is 16.3. The Kier molecular flexibility index (Phi) is 16.1. The quantitative estimate of drug-likeness (QED) is 0.204. The fraction of sp³-hybridized carbons (Fsp3) is 0.733. The van der Waals surface area contributed by atoms with E-state index in [2.05, 4.69) is 13.8 Å². The third-order valence-electron chi connectivity index (χ3n) is 13.1. The van der Waals surface area contributed by atoms with Crippen LogP contribution in [0.15, 0.2) is 24.3 Å². The minimum absolute atomic E-state index is 0.00723. The molecule has 2 unspecified atom stereocenters. The van der Waals surface area contributed by atoms with Gasteiger partial charge in [-0.25, -0.2) is 8.78 Å². The van der Waals surface area contributed by atoms with Gasteiger partial charge in [0.1, 0.15) is 0 Å². The number of benzene rings is 2. The van der Waals surface area contributed by atoms with Crippen molar-refractivity contribution >= 4 is 0 Å². The predicted octanol–water partition coefficient (Wildman–Crippen LogP) is 13.5.